The van der Waals surface area contributed by atoms with Gasteiger partial charge in [-0.2, -0.15) is 12.7 Å². The van der Waals surface area contributed by atoms with E-state index in [2.05, 4.69) is 5.32 Å². The fraction of sp³-hybridized carbons (Fsp3) is 0.462. The van der Waals surface area contributed by atoms with E-state index in [1.54, 1.807) is 25.1 Å². The number of carbonyl (C=O) groups is 2. The molecule has 0 bridgehead atoms. The van der Waals surface area contributed by atoms with E-state index in [1.807, 2.05) is 0 Å². The molecule has 0 saturated heterocycles. The molecule has 2 amide bonds. The first-order valence-corrected chi connectivity index (χ1v) is 14.6. The summed E-state index contributed by atoms with van der Waals surface area (Å²) in [5.74, 6) is -1.86. The summed E-state index contributed by atoms with van der Waals surface area (Å²) < 4.78 is 42.8. The Labute approximate surface area is 233 Å². The van der Waals surface area contributed by atoms with E-state index in [1.165, 1.54) is 37.2 Å². The predicted molar refractivity (Wildman–Crippen MR) is 148 cm³/mol. The molecule has 12 heteroatoms. The zero-order chi connectivity index (χ0) is 28.0. The molecule has 0 aromatic heterocycles. The van der Waals surface area contributed by atoms with Crippen molar-refractivity contribution in [2.24, 2.45) is 0 Å². The largest absolute Gasteiger partial charge is 0.352 e. The highest BCUT2D eigenvalue weighted by Crippen LogP contribution is 2.29. The molecule has 1 aliphatic rings. The van der Waals surface area contributed by atoms with Crippen molar-refractivity contribution in [1.29, 1.82) is 0 Å². The Balaban J connectivity index is 2.02. The van der Waals surface area contributed by atoms with Crippen LogP contribution in [0.2, 0.25) is 10.0 Å². The Morgan fingerprint density at radius 3 is 2.21 bits per heavy atom. The van der Waals surface area contributed by atoms with Crippen LogP contribution in [0, 0.1) is 5.82 Å². The number of nitrogens with one attached hydrogen (secondary N) is 1. The highest BCUT2D eigenvalue weighted by atomic mass is 35.5. The number of nitrogens with zero attached hydrogens (tertiary/aromatic N) is 3. The summed E-state index contributed by atoms with van der Waals surface area (Å²) in [6, 6.07) is 9.28. The van der Waals surface area contributed by atoms with Crippen molar-refractivity contribution in [3.05, 3.63) is 63.9 Å². The van der Waals surface area contributed by atoms with Crippen molar-refractivity contribution in [2.75, 3.05) is 24.9 Å². The Kier molecular flexibility index (Phi) is 10.4. The molecule has 208 valence electrons. The molecule has 1 fully saturated rings. The van der Waals surface area contributed by atoms with Crippen LogP contribution < -0.4 is 9.62 Å². The van der Waals surface area contributed by atoms with Gasteiger partial charge in [0.05, 0.1) is 5.69 Å². The molecule has 1 saturated carbocycles. The lowest BCUT2D eigenvalue weighted by molar-refractivity contribution is -0.140. The molecule has 0 heterocycles. The minimum Gasteiger partial charge on any atom is -0.352 e. The molecule has 8 nitrogen and oxygen atoms in total. The van der Waals surface area contributed by atoms with Crippen LogP contribution in [0.1, 0.15) is 44.6 Å². The van der Waals surface area contributed by atoms with Gasteiger partial charge in [-0.05, 0) is 43.5 Å². The van der Waals surface area contributed by atoms with Gasteiger partial charge in [0, 0.05) is 42.3 Å². The average Bonchev–Trinajstić information content (AvgIpc) is 3.37. The quantitative estimate of drug-likeness (QED) is 0.416. The minimum atomic E-state index is -4.28. The van der Waals surface area contributed by atoms with E-state index in [9.17, 15) is 22.4 Å². The first-order chi connectivity index (χ1) is 18.0. The van der Waals surface area contributed by atoms with Crippen LogP contribution >= 0.6 is 23.2 Å². The topological polar surface area (TPSA) is 90.0 Å². The van der Waals surface area contributed by atoms with Gasteiger partial charge in [-0.1, -0.05) is 61.2 Å². The SMILES string of the molecule is CC[C@@H](C(=O)NC1CCCC1)N(Cc1c(Cl)cccc1Cl)C(=O)CN(c1ccccc1F)S(=O)(=O)N(C)C. The molecular weight excluding hydrogens is 554 g/mol. The highest BCUT2D eigenvalue weighted by Gasteiger charge is 2.35. The third-order valence-corrected chi connectivity index (χ3v) is 9.13. The maximum absolute atomic E-state index is 14.8. The number of carbonyl (C=O) groups excluding carboxylic acids is 2. The van der Waals surface area contributed by atoms with Gasteiger partial charge in [0.15, 0.2) is 0 Å². The fourth-order valence-electron chi connectivity index (χ4n) is 4.50. The van der Waals surface area contributed by atoms with Gasteiger partial charge in [0.25, 0.3) is 0 Å². The standard InChI is InChI=1S/C26H33Cl2FN4O4S/c1-4-23(26(35)30-18-10-5-6-11-18)32(16-19-20(27)12-9-13-21(19)28)25(34)17-33(38(36,37)31(2)3)24-15-8-7-14-22(24)29/h7-9,12-15,18,23H,4-6,10-11,16-17H2,1-3H3,(H,30,35)/t23-/m0/s1. The summed E-state index contributed by atoms with van der Waals surface area (Å²) in [5.41, 5.74) is 0.137. The number of halogens is 3. The molecule has 1 N–H and O–H groups in total. The number of rotatable bonds is 11. The Morgan fingerprint density at radius 2 is 1.66 bits per heavy atom. The number of para-hydroxylation sites is 1. The van der Waals surface area contributed by atoms with Gasteiger partial charge in [0.2, 0.25) is 11.8 Å². The third kappa shape index (κ3) is 6.97. The Morgan fingerprint density at radius 1 is 1.05 bits per heavy atom. The van der Waals surface area contributed by atoms with Gasteiger partial charge < -0.3 is 10.2 Å². The third-order valence-electron chi connectivity index (χ3n) is 6.62. The van der Waals surface area contributed by atoms with E-state index in [4.69, 9.17) is 23.2 Å². The van der Waals surface area contributed by atoms with Crippen molar-refractivity contribution >= 4 is 50.9 Å². The molecular formula is C26H33Cl2FN4O4S. The second kappa shape index (κ2) is 13.1. The van der Waals surface area contributed by atoms with Crippen molar-refractivity contribution in [3.8, 4) is 0 Å². The molecule has 3 rings (SSSR count). The van der Waals surface area contributed by atoms with Crippen molar-refractivity contribution in [3.63, 3.8) is 0 Å². The lowest BCUT2D eigenvalue weighted by Crippen LogP contribution is -2.54. The van der Waals surface area contributed by atoms with Gasteiger partial charge >= 0.3 is 10.2 Å². The van der Waals surface area contributed by atoms with Crippen molar-refractivity contribution < 1.29 is 22.4 Å². The van der Waals surface area contributed by atoms with Crippen LogP contribution in [0.5, 0.6) is 0 Å². The monoisotopic (exact) mass is 586 g/mol. The molecule has 0 radical (unpaired) electrons. The highest BCUT2D eigenvalue weighted by molar-refractivity contribution is 7.90. The molecule has 0 spiro atoms. The maximum atomic E-state index is 14.8. The first-order valence-electron chi connectivity index (χ1n) is 12.4. The van der Waals surface area contributed by atoms with Crippen molar-refractivity contribution in [1.82, 2.24) is 14.5 Å². The fourth-order valence-corrected chi connectivity index (χ4v) is 6.08. The van der Waals surface area contributed by atoms with Crippen LogP contribution in [0.15, 0.2) is 42.5 Å². The second-order valence-corrected chi connectivity index (χ2v) is 12.3. The number of hydrogen-bond acceptors (Lipinski definition) is 4. The average molecular weight is 588 g/mol. The number of benzene rings is 2. The lowest BCUT2D eigenvalue weighted by atomic mass is 10.1. The normalized spacial score (nSPS) is 14.9. The maximum Gasteiger partial charge on any atom is 0.304 e. The lowest BCUT2D eigenvalue weighted by Gasteiger charge is -2.34. The van der Waals surface area contributed by atoms with Gasteiger partial charge in [-0.3, -0.25) is 9.59 Å². The van der Waals surface area contributed by atoms with Gasteiger partial charge in [0.1, 0.15) is 18.4 Å². The summed E-state index contributed by atoms with van der Waals surface area (Å²) in [7, 11) is -1.70. The number of anilines is 1. The first kappa shape index (κ1) is 30.1. The summed E-state index contributed by atoms with van der Waals surface area (Å²) in [4.78, 5) is 28.5. The Bertz CT molecular complexity index is 1240. The van der Waals surface area contributed by atoms with Crippen LogP contribution in [0.4, 0.5) is 10.1 Å². The number of amides is 2. The summed E-state index contributed by atoms with van der Waals surface area (Å²) in [6.07, 6.45) is 3.99. The molecule has 2 aromatic rings. The van der Waals surface area contributed by atoms with Crippen LogP contribution in [-0.4, -0.2) is 62.2 Å². The van der Waals surface area contributed by atoms with E-state index in [-0.39, 0.29) is 30.6 Å². The number of hydrogen-bond donors (Lipinski definition) is 1. The molecule has 0 aliphatic heterocycles. The van der Waals surface area contributed by atoms with E-state index in [0.717, 1.165) is 36.1 Å². The molecule has 1 atom stereocenters. The second-order valence-electron chi connectivity index (χ2n) is 9.38. The van der Waals surface area contributed by atoms with E-state index < -0.39 is 34.5 Å². The van der Waals surface area contributed by atoms with Gasteiger partial charge in [-0.15, -0.1) is 0 Å². The zero-order valence-corrected chi connectivity index (χ0v) is 24.0. The van der Waals surface area contributed by atoms with Crippen LogP contribution in [0.25, 0.3) is 0 Å². The molecule has 2 aromatic carbocycles. The molecule has 0 unspecified atom stereocenters. The van der Waals surface area contributed by atoms with Crippen LogP contribution in [0.3, 0.4) is 0 Å². The van der Waals surface area contributed by atoms with Crippen LogP contribution in [-0.2, 0) is 26.3 Å². The molecule has 38 heavy (non-hydrogen) atoms. The Hall–Kier alpha value is -2.40. The predicted octanol–water partition coefficient (Wildman–Crippen LogP) is 4.61. The smallest absolute Gasteiger partial charge is 0.304 e. The van der Waals surface area contributed by atoms with E-state index in [0.29, 0.717) is 19.9 Å². The van der Waals surface area contributed by atoms with Crippen molar-refractivity contribution in [2.45, 2.75) is 57.7 Å². The zero-order valence-electron chi connectivity index (χ0n) is 21.7. The summed E-state index contributed by atoms with van der Waals surface area (Å²) in [6.45, 7) is 0.885. The van der Waals surface area contributed by atoms with E-state index >= 15 is 0 Å². The summed E-state index contributed by atoms with van der Waals surface area (Å²) in [5, 5.41) is 3.62. The minimum absolute atomic E-state index is 0.0152. The molecule has 1 aliphatic carbocycles. The summed E-state index contributed by atoms with van der Waals surface area (Å²) >= 11 is 12.8. The van der Waals surface area contributed by atoms with Gasteiger partial charge in [-0.25, -0.2) is 8.70 Å².